The second kappa shape index (κ2) is 11.1. The first kappa shape index (κ1) is 34.5. The first-order valence-corrected chi connectivity index (χ1v) is 17.2. The maximum atomic E-state index is 13.7. The zero-order valence-electron chi connectivity index (χ0n) is 25.5. The number of alkyl halides is 1. The average Bonchev–Trinajstić information content (AvgIpc) is 3.41. The fraction of sp³-hybridized carbons (Fsp3) is 0.607. The molecule has 18 heteroatoms. The van der Waals surface area contributed by atoms with Crippen molar-refractivity contribution in [2.75, 3.05) is 12.7 Å². The largest absolute Gasteiger partial charge is 0.508 e. The first-order valence-electron chi connectivity index (χ1n) is 14.2. The van der Waals surface area contributed by atoms with E-state index in [0.717, 1.165) is 4.90 Å². The van der Waals surface area contributed by atoms with Gasteiger partial charge in [0, 0.05) is 10.6 Å². The number of nitrogens with zero attached hydrogens (tertiary/aromatic N) is 3. The minimum atomic E-state index is -3.96. The molecule has 0 bridgehead atoms. The quantitative estimate of drug-likeness (QED) is 0.176. The van der Waals surface area contributed by atoms with Crippen molar-refractivity contribution >= 4 is 75.3 Å². The van der Waals surface area contributed by atoms with Gasteiger partial charge < -0.3 is 29.3 Å². The number of carbonyl (C=O) groups is 5. The number of amides is 3. The lowest BCUT2D eigenvalue weighted by atomic mass is 9.94. The monoisotopic (exact) mass is 720 g/mol. The van der Waals surface area contributed by atoms with Crippen molar-refractivity contribution in [3.63, 3.8) is 0 Å². The molecule has 5 aliphatic rings. The number of rotatable bonds is 7. The van der Waals surface area contributed by atoms with E-state index < -0.39 is 96.3 Å². The number of aromatic hydroxyl groups is 1. The van der Waals surface area contributed by atoms with Crippen LogP contribution in [0.15, 0.2) is 24.3 Å². The lowest BCUT2D eigenvalue weighted by molar-refractivity contribution is -0.183. The van der Waals surface area contributed by atoms with Crippen LogP contribution in [0, 0.1) is 0 Å². The van der Waals surface area contributed by atoms with Gasteiger partial charge in [-0.3, -0.25) is 19.7 Å². The number of nitrogens with one attached hydrogen (secondary N) is 1. The Balaban J connectivity index is 0.00000417. The van der Waals surface area contributed by atoms with Gasteiger partial charge >= 0.3 is 11.9 Å². The highest BCUT2D eigenvalue weighted by molar-refractivity contribution is 8.01. The summed E-state index contributed by atoms with van der Waals surface area (Å²) in [6.45, 7) is 7.50. The molecule has 2 N–H and O–H groups in total. The Morgan fingerprint density at radius 3 is 2.15 bits per heavy atom. The van der Waals surface area contributed by atoms with Gasteiger partial charge in [-0.25, -0.2) is 18.0 Å². The molecule has 14 nitrogen and oxygen atoms in total. The van der Waals surface area contributed by atoms with Gasteiger partial charge in [0.05, 0.1) is 12.1 Å². The number of fused-ring (bicyclic) bond motifs is 2. The van der Waals surface area contributed by atoms with Crippen molar-refractivity contribution in [1.82, 2.24) is 20.0 Å². The molecule has 5 saturated heterocycles. The van der Waals surface area contributed by atoms with Crippen LogP contribution >= 0.6 is 35.8 Å². The van der Waals surface area contributed by atoms with Crippen LogP contribution in [0.4, 0.5) is 0 Å². The van der Waals surface area contributed by atoms with Crippen LogP contribution in [-0.2, 0) is 43.3 Å². The van der Waals surface area contributed by atoms with Gasteiger partial charge in [0.25, 0.3) is 0 Å². The van der Waals surface area contributed by atoms with Crippen molar-refractivity contribution in [2.24, 2.45) is 0 Å². The molecule has 0 radical (unpaired) electrons. The molecule has 3 amide bonds. The Bertz CT molecular complexity index is 1620. The summed E-state index contributed by atoms with van der Waals surface area (Å²) in [7, 11) is -3.96. The Morgan fingerprint density at radius 2 is 1.59 bits per heavy atom. The van der Waals surface area contributed by atoms with Gasteiger partial charge in [0.15, 0.2) is 15.9 Å². The van der Waals surface area contributed by atoms with E-state index in [1.807, 2.05) is 0 Å². The maximum absolute atomic E-state index is 13.7. The Hall–Kier alpha value is -2.79. The van der Waals surface area contributed by atoms with Gasteiger partial charge in [-0.1, -0.05) is 12.1 Å². The van der Waals surface area contributed by atoms with Crippen LogP contribution < -0.4 is 5.32 Å². The summed E-state index contributed by atoms with van der Waals surface area (Å²) in [5, 5.41) is 11.2. The molecule has 1 aromatic carbocycles. The molecular weight excluding hydrogens is 687 g/mol. The molecule has 1 aromatic rings. The van der Waals surface area contributed by atoms with Crippen molar-refractivity contribution in [2.45, 2.75) is 91.1 Å². The second-order valence-electron chi connectivity index (χ2n) is 13.0. The number of phenols is 1. The van der Waals surface area contributed by atoms with Gasteiger partial charge in [-0.05, 0) is 52.3 Å². The van der Waals surface area contributed by atoms with E-state index in [2.05, 4.69) is 5.32 Å². The van der Waals surface area contributed by atoms with Crippen LogP contribution in [-0.4, -0.2) is 115 Å². The summed E-state index contributed by atoms with van der Waals surface area (Å²) in [6.07, 6.45) is -0.248. The first-order chi connectivity index (χ1) is 20.9. The molecule has 7 atom stereocenters. The van der Waals surface area contributed by atoms with Gasteiger partial charge in [-0.2, -0.15) is 0 Å². The number of ether oxygens (including phenoxy) is 2. The number of carbonyl (C=O) groups excluding carboxylic acids is 5. The summed E-state index contributed by atoms with van der Waals surface area (Å²) in [6, 6.07) is 2.05. The van der Waals surface area contributed by atoms with Crippen molar-refractivity contribution in [3.05, 3.63) is 29.8 Å². The predicted molar refractivity (Wildman–Crippen MR) is 166 cm³/mol. The molecular formula is C28H34Cl2N4O10S2. The van der Waals surface area contributed by atoms with E-state index in [1.54, 1.807) is 39.8 Å². The Morgan fingerprint density at radius 1 is 1.00 bits per heavy atom. The van der Waals surface area contributed by atoms with Crippen LogP contribution in [0.1, 0.15) is 52.6 Å². The Labute approximate surface area is 280 Å². The molecule has 0 saturated carbocycles. The minimum Gasteiger partial charge on any atom is -0.508 e. The standard InChI is InChI=1S/C28H33ClN4O10S2.ClH/c1-26(2)19(24(38)42-12-43-25(39)20-28(5,11-29)45(40,41)16-10-15(35)31(16)20)32-22(37)18(23(32)44-26)33-21(36)17(30-27(33,3)4)13-6-8-14(34)9-7-13;/h6-9,16-20,23,30,34H,10-12H2,1-5H3;1H/t16-,17?,18+,19-,20?,23+,28-;/m0./s1. The second-order valence-corrected chi connectivity index (χ2v) is 17.6. The number of sulfone groups is 1. The van der Waals surface area contributed by atoms with Gasteiger partial charge in [0.1, 0.15) is 39.4 Å². The van der Waals surface area contributed by atoms with E-state index in [9.17, 15) is 37.5 Å². The fourth-order valence-electron chi connectivity index (χ4n) is 7.03. The molecule has 5 fully saturated rings. The molecule has 6 rings (SSSR count). The van der Waals surface area contributed by atoms with Crippen LogP contribution in [0.5, 0.6) is 5.75 Å². The average molecular weight is 722 g/mol. The number of phenolic OH excluding ortho intramolecular Hbond substituents is 1. The molecule has 0 spiro atoms. The van der Waals surface area contributed by atoms with E-state index in [0.29, 0.717) is 5.56 Å². The lowest BCUT2D eigenvalue weighted by Crippen LogP contribution is -2.73. The highest BCUT2D eigenvalue weighted by Crippen LogP contribution is 2.54. The van der Waals surface area contributed by atoms with Crippen LogP contribution in [0.3, 0.4) is 0 Å². The molecule has 2 unspecified atom stereocenters. The number of β-lactam (4-membered cyclic amide) rings is 2. The Kier molecular flexibility index (Phi) is 8.37. The summed E-state index contributed by atoms with van der Waals surface area (Å²) in [4.78, 5) is 69.6. The van der Waals surface area contributed by atoms with Crippen LogP contribution in [0.25, 0.3) is 0 Å². The van der Waals surface area contributed by atoms with Gasteiger partial charge in [-0.15, -0.1) is 35.8 Å². The summed E-state index contributed by atoms with van der Waals surface area (Å²) >= 11 is 7.31. The van der Waals surface area contributed by atoms with Crippen LogP contribution in [0.2, 0.25) is 0 Å². The van der Waals surface area contributed by atoms with E-state index in [1.165, 1.54) is 40.6 Å². The van der Waals surface area contributed by atoms with E-state index in [4.69, 9.17) is 21.1 Å². The van der Waals surface area contributed by atoms with Crippen molar-refractivity contribution in [1.29, 1.82) is 0 Å². The third-order valence-corrected chi connectivity index (χ3v) is 14.5. The van der Waals surface area contributed by atoms with Gasteiger partial charge in [0.2, 0.25) is 24.5 Å². The molecule has 5 heterocycles. The molecule has 0 aliphatic carbocycles. The summed E-state index contributed by atoms with van der Waals surface area (Å²) in [5.41, 5.74) is -0.283. The number of halogens is 2. The number of thioether (sulfide) groups is 1. The van der Waals surface area contributed by atoms with E-state index in [-0.39, 0.29) is 30.5 Å². The summed E-state index contributed by atoms with van der Waals surface area (Å²) < 4.78 is 33.7. The number of hydrogen-bond donors (Lipinski definition) is 2. The number of esters is 2. The smallest absolute Gasteiger partial charge is 0.333 e. The SMILES string of the molecule is CC1(C)S[C@@H]2[C@H](N3C(=O)C(c4ccc(O)cc4)NC3(C)C)C(=O)N2[C@H]1C(=O)OCOC(=O)C1N2C(=O)C[C@@H]2S(=O)(=O)[C@@]1(C)CCl.Cl. The fourth-order valence-corrected chi connectivity index (χ4v) is 11.5. The molecule has 252 valence electrons. The highest BCUT2D eigenvalue weighted by atomic mass is 35.5. The topological polar surface area (TPSA) is 180 Å². The lowest BCUT2D eigenvalue weighted by Gasteiger charge is -2.50. The summed E-state index contributed by atoms with van der Waals surface area (Å²) in [5.74, 6) is -3.61. The molecule has 0 aromatic heterocycles. The zero-order chi connectivity index (χ0) is 33.0. The normalized spacial score (nSPS) is 34.7. The number of hydrogen-bond acceptors (Lipinski definition) is 12. The molecule has 5 aliphatic heterocycles. The number of benzene rings is 1. The zero-order valence-corrected chi connectivity index (χ0v) is 28.7. The molecule has 46 heavy (non-hydrogen) atoms. The van der Waals surface area contributed by atoms with Crippen molar-refractivity contribution in [3.8, 4) is 5.75 Å². The van der Waals surface area contributed by atoms with Crippen molar-refractivity contribution < 1.29 is 47.0 Å². The third-order valence-electron chi connectivity index (χ3n) is 9.43. The minimum absolute atomic E-state index is 0. The third kappa shape index (κ3) is 4.69. The predicted octanol–water partition coefficient (Wildman–Crippen LogP) is 0.851. The maximum Gasteiger partial charge on any atom is 0.333 e. The van der Waals surface area contributed by atoms with E-state index >= 15 is 0 Å². The highest BCUT2D eigenvalue weighted by Gasteiger charge is 2.71.